The minimum absolute atomic E-state index is 0.125. The molecule has 0 saturated carbocycles. The number of nitrogens with zero attached hydrogens (tertiary/aromatic N) is 3. The van der Waals surface area contributed by atoms with E-state index in [0.717, 1.165) is 28.1 Å². The van der Waals surface area contributed by atoms with Crippen molar-refractivity contribution < 1.29 is 9.18 Å². The van der Waals surface area contributed by atoms with E-state index in [4.69, 9.17) is 5.10 Å². The topological polar surface area (TPSA) is 35.9 Å². The molecule has 0 N–H and O–H groups in total. The highest BCUT2D eigenvalue weighted by molar-refractivity contribution is 6.04. The predicted octanol–water partition coefficient (Wildman–Crippen LogP) is 5.26. The number of anilines is 1. The minimum atomic E-state index is -0.330. The predicted molar refractivity (Wildman–Crippen MR) is 123 cm³/mol. The van der Waals surface area contributed by atoms with Gasteiger partial charge in [0.2, 0.25) is 0 Å². The maximum Gasteiger partial charge on any atom is 0.262 e. The Morgan fingerprint density at radius 3 is 2.55 bits per heavy atom. The smallest absolute Gasteiger partial charge is 0.262 e. The lowest BCUT2D eigenvalue weighted by atomic mass is 9.95. The van der Waals surface area contributed by atoms with Crippen LogP contribution in [-0.4, -0.2) is 30.2 Å². The van der Waals surface area contributed by atoms with E-state index < -0.39 is 0 Å². The Morgan fingerprint density at radius 2 is 1.84 bits per heavy atom. The lowest BCUT2D eigenvalue weighted by Crippen LogP contribution is -2.36. The van der Waals surface area contributed by atoms with E-state index in [1.165, 1.54) is 22.7 Å². The fourth-order valence-electron chi connectivity index (χ4n) is 4.06. The molecule has 31 heavy (non-hydrogen) atoms. The number of hydrogen-bond acceptors (Lipinski definition) is 3. The molecule has 5 heteroatoms. The van der Waals surface area contributed by atoms with E-state index in [-0.39, 0.29) is 24.3 Å². The van der Waals surface area contributed by atoms with Gasteiger partial charge in [-0.25, -0.2) is 9.40 Å². The first-order valence-corrected chi connectivity index (χ1v) is 10.4. The van der Waals surface area contributed by atoms with Crippen molar-refractivity contribution in [1.82, 2.24) is 5.01 Å². The van der Waals surface area contributed by atoms with Crippen molar-refractivity contribution in [2.45, 2.75) is 26.3 Å². The highest BCUT2D eigenvalue weighted by atomic mass is 19.1. The van der Waals surface area contributed by atoms with Gasteiger partial charge >= 0.3 is 0 Å². The van der Waals surface area contributed by atoms with Gasteiger partial charge in [-0.1, -0.05) is 54.1 Å². The second-order valence-corrected chi connectivity index (χ2v) is 8.07. The van der Waals surface area contributed by atoms with E-state index in [1.54, 1.807) is 6.07 Å². The number of carbonyl (C=O) groups excluding carboxylic acids is 1. The maximum atomic E-state index is 14.0. The SMILES string of the molecule is Cc1ccc(C2=NN(C(=O)CN(C)c3ccccc3)C(c3cccc(F)c3)C2)c(C)c1. The highest BCUT2D eigenvalue weighted by Gasteiger charge is 2.34. The van der Waals surface area contributed by atoms with Gasteiger partial charge in [-0.2, -0.15) is 5.10 Å². The molecule has 0 aromatic heterocycles. The second-order valence-electron chi connectivity index (χ2n) is 8.07. The molecule has 3 aromatic rings. The average Bonchev–Trinajstić information content (AvgIpc) is 3.19. The summed E-state index contributed by atoms with van der Waals surface area (Å²) in [5.41, 5.74) is 5.88. The van der Waals surface area contributed by atoms with Crippen LogP contribution in [0, 0.1) is 19.7 Å². The van der Waals surface area contributed by atoms with Gasteiger partial charge < -0.3 is 4.90 Å². The van der Waals surface area contributed by atoms with Crippen LogP contribution in [0.2, 0.25) is 0 Å². The summed E-state index contributed by atoms with van der Waals surface area (Å²) in [5, 5.41) is 6.26. The fourth-order valence-corrected chi connectivity index (χ4v) is 4.06. The van der Waals surface area contributed by atoms with Gasteiger partial charge in [-0.3, -0.25) is 4.79 Å². The minimum Gasteiger partial charge on any atom is -0.365 e. The van der Waals surface area contributed by atoms with Crippen molar-refractivity contribution in [2.75, 3.05) is 18.5 Å². The average molecular weight is 416 g/mol. The molecule has 0 bridgehead atoms. The molecule has 4 rings (SSSR count). The first-order chi connectivity index (χ1) is 14.9. The van der Waals surface area contributed by atoms with Gasteiger partial charge in [0.15, 0.2) is 0 Å². The van der Waals surface area contributed by atoms with Crippen LogP contribution < -0.4 is 4.90 Å². The summed E-state index contributed by atoms with van der Waals surface area (Å²) in [6.45, 7) is 4.28. The molecule has 0 aliphatic carbocycles. The quantitative estimate of drug-likeness (QED) is 0.570. The number of halogens is 1. The molecular formula is C26H26FN3O. The van der Waals surface area contributed by atoms with E-state index >= 15 is 0 Å². The molecule has 4 nitrogen and oxygen atoms in total. The molecule has 0 saturated heterocycles. The summed E-state index contributed by atoms with van der Waals surface area (Å²) in [5.74, 6) is -0.438. The number of hydrazone groups is 1. The summed E-state index contributed by atoms with van der Waals surface area (Å²) < 4.78 is 14.0. The van der Waals surface area contributed by atoms with Crippen molar-refractivity contribution in [1.29, 1.82) is 0 Å². The van der Waals surface area contributed by atoms with Crippen LogP contribution in [0.5, 0.6) is 0 Å². The number of amides is 1. The standard InChI is InChI=1S/C26H26FN3O/c1-18-12-13-23(19(2)14-18)24-16-25(20-8-7-9-21(27)15-20)30(28-24)26(31)17-29(3)22-10-5-4-6-11-22/h4-15,25H,16-17H2,1-3H3. The lowest BCUT2D eigenvalue weighted by molar-refractivity contribution is -0.131. The maximum absolute atomic E-state index is 14.0. The Morgan fingerprint density at radius 1 is 1.06 bits per heavy atom. The van der Waals surface area contributed by atoms with Crippen molar-refractivity contribution in [2.24, 2.45) is 5.10 Å². The molecule has 0 spiro atoms. The molecule has 158 valence electrons. The summed E-state index contributed by atoms with van der Waals surface area (Å²) in [6.07, 6.45) is 0.550. The molecule has 1 aliphatic rings. The monoisotopic (exact) mass is 415 g/mol. The van der Waals surface area contributed by atoms with E-state index in [0.29, 0.717) is 6.42 Å². The molecule has 1 atom stereocenters. The largest absolute Gasteiger partial charge is 0.365 e. The number of likely N-dealkylation sites (N-methyl/N-ethyl adjacent to an activating group) is 1. The van der Waals surface area contributed by atoms with Gasteiger partial charge in [-0.05, 0) is 49.2 Å². The van der Waals surface area contributed by atoms with Crippen LogP contribution >= 0.6 is 0 Å². The van der Waals surface area contributed by atoms with Crippen LogP contribution in [0.25, 0.3) is 0 Å². The van der Waals surface area contributed by atoms with Crippen LogP contribution in [-0.2, 0) is 4.79 Å². The third-order valence-electron chi connectivity index (χ3n) is 5.66. The van der Waals surface area contributed by atoms with E-state index in [1.807, 2.05) is 48.3 Å². The number of hydrogen-bond donors (Lipinski definition) is 0. The van der Waals surface area contributed by atoms with Gasteiger partial charge in [0.05, 0.1) is 18.3 Å². The number of carbonyl (C=O) groups is 1. The van der Waals surface area contributed by atoms with Crippen LogP contribution in [0.1, 0.15) is 34.7 Å². The summed E-state index contributed by atoms with van der Waals surface area (Å²) in [6, 6.07) is 22.1. The van der Waals surface area contributed by atoms with Gasteiger partial charge in [0, 0.05) is 24.7 Å². The number of para-hydroxylation sites is 1. The Balaban J connectivity index is 1.66. The van der Waals surface area contributed by atoms with Crippen LogP contribution in [0.4, 0.5) is 10.1 Å². The lowest BCUT2D eigenvalue weighted by Gasteiger charge is -2.25. The number of aryl methyl sites for hydroxylation is 2. The van der Waals surface area contributed by atoms with Crippen molar-refractivity contribution in [3.05, 3.63) is 101 Å². The van der Waals surface area contributed by atoms with E-state index in [9.17, 15) is 9.18 Å². The first kappa shape index (κ1) is 20.8. The summed E-state index contributed by atoms with van der Waals surface area (Å²) in [7, 11) is 1.88. The molecule has 1 heterocycles. The Kier molecular flexibility index (Phi) is 5.85. The number of rotatable bonds is 5. The normalized spacial score (nSPS) is 15.7. The number of benzene rings is 3. The van der Waals surface area contributed by atoms with Crippen molar-refractivity contribution in [3.8, 4) is 0 Å². The Hall–Kier alpha value is -3.47. The zero-order chi connectivity index (χ0) is 22.0. The second kappa shape index (κ2) is 8.72. The van der Waals surface area contributed by atoms with Gasteiger partial charge in [0.25, 0.3) is 5.91 Å². The van der Waals surface area contributed by atoms with Crippen molar-refractivity contribution >= 4 is 17.3 Å². The van der Waals surface area contributed by atoms with Crippen LogP contribution in [0.15, 0.2) is 77.9 Å². The first-order valence-electron chi connectivity index (χ1n) is 10.4. The third kappa shape index (κ3) is 4.50. The Labute approximate surface area is 182 Å². The van der Waals surface area contributed by atoms with Crippen LogP contribution in [0.3, 0.4) is 0 Å². The van der Waals surface area contributed by atoms with Gasteiger partial charge in [0.1, 0.15) is 5.82 Å². The molecule has 1 unspecified atom stereocenters. The Bertz CT molecular complexity index is 1130. The molecule has 1 amide bonds. The molecule has 1 aliphatic heterocycles. The summed E-state index contributed by atoms with van der Waals surface area (Å²) >= 11 is 0. The zero-order valence-corrected chi connectivity index (χ0v) is 18.0. The zero-order valence-electron chi connectivity index (χ0n) is 18.0. The molecule has 0 radical (unpaired) electrons. The van der Waals surface area contributed by atoms with Crippen molar-refractivity contribution in [3.63, 3.8) is 0 Å². The molecular weight excluding hydrogens is 389 g/mol. The third-order valence-corrected chi connectivity index (χ3v) is 5.66. The summed E-state index contributed by atoms with van der Waals surface area (Å²) in [4.78, 5) is 15.2. The fraction of sp³-hybridized carbons (Fsp3) is 0.231. The molecule has 3 aromatic carbocycles. The highest BCUT2D eigenvalue weighted by Crippen LogP contribution is 2.34. The molecule has 0 fully saturated rings. The van der Waals surface area contributed by atoms with E-state index in [2.05, 4.69) is 32.0 Å². The van der Waals surface area contributed by atoms with Gasteiger partial charge in [-0.15, -0.1) is 0 Å².